The van der Waals surface area contributed by atoms with Gasteiger partial charge in [-0.25, -0.2) is 8.78 Å². The van der Waals surface area contributed by atoms with E-state index in [1.165, 1.54) is 0 Å². The van der Waals surface area contributed by atoms with Crippen LogP contribution >= 0.6 is 11.6 Å². The fraction of sp³-hybridized carbons (Fsp3) is 0.250. The second kappa shape index (κ2) is 4.32. The molecule has 0 N–H and O–H groups in total. The molecule has 0 atom stereocenters. The van der Waals surface area contributed by atoms with Crippen LogP contribution < -0.4 is 0 Å². The highest BCUT2D eigenvalue weighted by atomic mass is 35.5. The van der Waals surface area contributed by atoms with Gasteiger partial charge in [0.25, 0.3) is 0 Å². The van der Waals surface area contributed by atoms with Gasteiger partial charge >= 0.3 is 0 Å². The monoisotopic (exact) mass is 221 g/mol. The zero-order valence-corrected chi connectivity index (χ0v) is 7.72. The summed E-state index contributed by atoms with van der Waals surface area (Å²) in [6.45, 7) is -0.404. The summed E-state index contributed by atoms with van der Waals surface area (Å²) in [6.07, 6.45) is -0.0984. The van der Waals surface area contributed by atoms with Crippen molar-refractivity contribution < 1.29 is 13.7 Å². The van der Waals surface area contributed by atoms with Crippen molar-refractivity contribution in [2.45, 2.75) is 6.42 Å². The fourth-order valence-electron chi connectivity index (χ4n) is 0.971. The zero-order valence-electron chi connectivity index (χ0n) is 6.97. The first-order chi connectivity index (χ1) is 6.52. The van der Waals surface area contributed by atoms with Crippen LogP contribution in [-0.2, 0) is 6.42 Å². The molecule has 0 saturated carbocycles. The number of hydrogen-bond acceptors (Lipinski definition) is 2. The predicted molar refractivity (Wildman–Crippen MR) is 46.9 cm³/mol. The third-order valence-electron chi connectivity index (χ3n) is 1.68. The van der Waals surface area contributed by atoms with Crippen molar-refractivity contribution in [3.05, 3.63) is 44.5 Å². The molecular weight excluding hydrogens is 216 g/mol. The molecule has 0 aromatic heterocycles. The van der Waals surface area contributed by atoms with Gasteiger partial charge in [0.2, 0.25) is 6.54 Å². The van der Waals surface area contributed by atoms with Gasteiger partial charge in [0.15, 0.2) is 0 Å². The number of hydrogen-bond donors (Lipinski definition) is 0. The highest BCUT2D eigenvalue weighted by Gasteiger charge is 2.12. The molecule has 0 saturated heterocycles. The minimum Gasteiger partial charge on any atom is -0.265 e. The van der Waals surface area contributed by atoms with Gasteiger partial charge in [-0.1, -0.05) is 17.7 Å². The Morgan fingerprint density at radius 3 is 2.64 bits per heavy atom. The molecule has 0 bridgehead atoms. The van der Waals surface area contributed by atoms with E-state index in [0.29, 0.717) is 0 Å². The quantitative estimate of drug-likeness (QED) is 0.447. The SMILES string of the molecule is O=[N+]([O-])CCc1ccc(F)c(Cl)c1F. The Morgan fingerprint density at radius 1 is 1.43 bits per heavy atom. The van der Waals surface area contributed by atoms with E-state index in [9.17, 15) is 18.9 Å². The average Bonchev–Trinajstić information content (AvgIpc) is 2.13. The van der Waals surface area contributed by atoms with Crippen molar-refractivity contribution in [3.63, 3.8) is 0 Å². The molecule has 0 fully saturated rings. The summed E-state index contributed by atoms with van der Waals surface area (Å²) in [5, 5.41) is 9.39. The molecule has 14 heavy (non-hydrogen) atoms. The van der Waals surface area contributed by atoms with E-state index in [4.69, 9.17) is 11.6 Å². The van der Waals surface area contributed by atoms with Crippen LogP contribution in [-0.4, -0.2) is 11.5 Å². The van der Waals surface area contributed by atoms with E-state index in [-0.39, 0.29) is 12.0 Å². The first kappa shape index (κ1) is 10.8. The van der Waals surface area contributed by atoms with Crippen LogP contribution in [0.25, 0.3) is 0 Å². The van der Waals surface area contributed by atoms with Gasteiger partial charge in [0, 0.05) is 11.3 Å². The minimum atomic E-state index is -0.923. The topological polar surface area (TPSA) is 43.1 Å². The zero-order chi connectivity index (χ0) is 10.7. The maximum atomic E-state index is 13.1. The summed E-state index contributed by atoms with van der Waals surface area (Å²) in [6, 6.07) is 2.14. The largest absolute Gasteiger partial charge is 0.265 e. The van der Waals surface area contributed by atoms with Crippen LogP contribution in [0.5, 0.6) is 0 Å². The summed E-state index contributed by atoms with van der Waals surface area (Å²) < 4.78 is 25.8. The van der Waals surface area contributed by atoms with Gasteiger partial charge in [-0.2, -0.15) is 0 Å². The van der Waals surface area contributed by atoms with E-state index >= 15 is 0 Å². The van der Waals surface area contributed by atoms with Gasteiger partial charge < -0.3 is 0 Å². The Kier molecular flexibility index (Phi) is 3.35. The molecule has 0 aliphatic carbocycles. The van der Waals surface area contributed by atoms with Gasteiger partial charge in [0.05, 0.1) is 0 Å². The number of nitrogens with zero attached hydrogens (tertiary/aromatic N) is 1. The summed E-state index contributed by atoms with van der Waals surface area (Å²) in [5.41, 5.74) is 0.0492. The molecule has 3 nitrogen and oxygen atoms in total. The maximum absolute atomic E-state index is 13.1. The lowest BCUT2D eigenvalue weighted by atomic mass is 10.1. The molecule has 76 valence electrons. The van der Waals surface area contributed by atoms with Gasteiger partial charge in [-0.3, -0.25) is 10.1 Å². The summed E-state index contributed by atoms with van der Waals surface area (Å²) in [4.78, 5) is 9.44. The predicted octanol–water partition coefficient (Wildman–Crippen LogP) is 2.44. The standard InChI is InChI=1S/C8H6ClF2NO2/c9-7-6(10)2-1-5(8(7)11)3-4-12(13)14/h1-2H,3-4H2. The first-order valence-electron chi connectivity index (χ1n) is 3.76. The maximum Gasteiger partial charge on any atom is 0.208 e. The van der Waals surface area contributed by atoms with Crippen LogP contribution in [0.4, 0.5) is 8.78 Å². The van der Waals surface area contributed by atoms with Gasteiger partial charge in [-0.05, 0) is 11.6 Å². The Morgan fingerprint density at radius 2 is 2.07 bits per heavy atom. The van der Waals surface area contributed by atoms with Crippen molar-refractivity contribution in [2.24, 2.45) is 0 Å². The summed E-state index contributed by atoms with van der Waals surface area (Å²) in [5.74, 6) is -1.79. The molecule has 1 rings (SSSR count). The Labute approximate surface area is 83.4 Å². The second-order valence-corrected chi connectivity index (χ2v) is 3.02. The molecule has 0 aliphatic heterocycles. The van der Waals surface area contributed by atoms with Crippen molar-refractivity contribution in [2.75, 3.05) is 6.54 Å². The lowest BCUT2D eigenvalue weighted by Crippen LogP contribution is -2.06. The minimum absolute atomic E-state index is 0.0492. The number of nitro groups is 1. The summed E-state index contributed by atoms with van der Waals surface area (Å²) in [7, 11) is 0. The van der Waals surface area contributed by atoms with Crippen molar-refractivity contribution in [1.29, 1.82) is 0 Å². The molecule has 0 radical (unpaired) electrons. The van der Waals surface area contributed by atoms with Crippen molar-refractivity contribution >= 4 is 11.6 Å². The van der Waals surface area contributed by atoms with Crippen LogP contribution in [0.1, 0.15) is 5.56 Å². The highest BCUT2D eigenvalue weighted by Crippen LogP contribution is 2.22. The van der Waals surface area contributed by atoms with Crippen molar-refractivity contribution in [3.8, 4) is 0 Å². The smallest absolute Gasteiger partial charge is 0.208 e. The Bertz CT molecular complexity index is 371. The van der Waals surface area contributed by atoms with Crippen molar-refractivity contribution in [1.82, 2.24) is 0 Å². The lowest BCUT2D eigenvalue weighted by molar-refractivity contribution is -0.479. The normalized spacial score (nSPS) is 10.2. The van der Waals surface area contributed by atoms with E-state index in [1.54, 1.807) is 0 Å². The molecule has 0 aliphatic rings. The molecule has 0 heterocycles. The Hall–Kier alpha value is -1.23. The van der Waals surface area contributed by atoms with Crippen LogP contribution in [0.3, 0.4) is 0 Å². The fourth-order valence-corrected chi connectivity index (χ4v) is 1.16. The third kappa shape index (κ3) is 2.38. The molecule has 1 aromatic rings. The molecule has 0 unspecified atom stereocenters. The van der Waals surface area contributed by atoms with Crippen LogP contribution in [0.15, 0.2) is 12.1 Å². The van der Waals surface area contributed by atoms with Gasteiger partial charge in [-0.15, -0.1) is 0 Å². The van der Waals surface area contributed by atoms with E-state index in [0.717, 1.165) is 12.1 Å². The third-order valence-corrected chi connectivity index (χ3v) is 2.03. The number of halogens is 3. The van der Waals surface area contributed by atoms with E-state index in [1.807, 2.05) is 0 Å². The highest BCUT2D eigenvalue weighted by molar-refractivity contribution is 6.30. The number of rotatable bonds is 3. The van der Waals surface area contributed by atoms with E-state index in [2.05, 4.69) is 0 Å². The molecular formula is C8H6ClF2NO2. The number of benzene rings is 1. The van der Waals surface area contributed by atoms with Crippen LogP contribution in [0.2, 0.25) is 5.02 Å². The molecule has 0 amide bonds. The molecule has 1 aromatic carbocycles. The average molecular weight is 222 g/mol. The molecule has 6 heteroatoms. The van der Waals surface area contributed by atoms with Gasteiger partial charge in [0.1, 0.15) is 16.7 Å². The lowest BCUT2D eigenvalue weighted by Gasteiger charge is -2.02. The molecule has 0 spiro atoms. The first-order valence-corrected chi connectivity index (χ1v) is 4.14. The summed E-state index contributed by atoms with van der Waals surface area (Å²) >= 11 is 5.28. The second-order valence-electron chi connectivity index (χ2n) is 2.64. The van der Waals surface area contributed by atoms with Crippen LogP contribution in [0, 0.1) is 21.7 Å². The van der Waals surface area contributed by atoms with E-state index < -0.39 is 28.1 Å². The Balaban J connectivity index is 2.88.